The van der Waals surface area contributed by atoms with Crippen LogP contribution in [0.25, 0.3) is 10.9 Å². The second-order valence-corrected chi connectivity index (χ2v) is 9.66. The first-order valence-corrected chi connectivity index (χ1v) is 13.0. The highest BCUT2D eigenvalue weighted by atomic mass is 19.4. The Hall–Kier alpha value is -4.74. The van der Waals surface area contributed by atoms with E-state index < -0.39 is 36.3 Å². The summed E-state index contributed by atoms with van der Waals surface area (Å²) in [5.74, 6) is -6.15. The fourth-order valence-corrected chi connectivity index (χ4v) is 4.00. The first-order valence-electron chi connectivity index (χ1n) is 13.0. The molecule has 1 aliphatic heterocycles. The minimum atomic E-state index is -5.08. The zero-order valence-electron chi connectivity index (χ0n) is 23.3. The number of alkyl halides is 6. The molecule has 11 nitrogen and oxygen atoms in total. The average Bonchev–Trinajstić information content (AvgIpc) is 3.60. The lowest BCUT2D eigenvalue weighted by Crippen LogP contribution is -2.49. The van der Waals surface area contributed by atoms with Crippen LogP contribution in [0.3, 0.4) is 0 Å². The average molecular weight is 652 g/mol. The molecule has 0 aliphatic carbocycles. The molecule has 6 N–H and O–H groups in total. The zero-order chi connectivity index (χ0) is 33.9. The lowest BCUT2D eigenvalue weighted by Gasteiger charge is -2.17. The van der Waals surface area contributed by atoms with Crippen molar-refractivity contribution in [2.24, 2.45) is 5.92 Å². The van der Waals surface area contributed by atoms with E-state index in [9.17, 15) is 40.3 Å². The number of pyridine rings is 1. The highest BCUT2D eigenvalue weighted by Gasteiger charge is 2.39. The number of benzene rings is 1. The van der Waals surface area contributed by atoms with Crippen molar-refractivity contribution in [2.45, 2.75) is 50.7 Å². The van der Waals surface area contributed by atoms with Crippen LogP contribution in [0, 0.1) is 11.9 Å². The molecule has 18 heteroatoms. The van der Waals surface area contributed by atoms with Crippen LogP contribution in [0.4, 0.5) is 30.7 Å². The number of H-pyrrole nitrogens is 1. The number of carbonyl (C=O) groups is 4. The number of nitrogens with one attached hydrogen (secondary N) is 4. The van der Waals surface area contributed by atoms with Crippen LogP contribution in [-0.2, 0) is 32.1 Å². The molecule has 3 heterocycles. The number of aromatic nitrogens is 2. The molecule has 1 saturated heterocycles. The second kappa shape index (κ2) is 15.8. The van der Waals surface area contributed by atoms with Crippen LogP contribution in [0.2, 0.25) is 0 Å². The molecule has 4 rings (SSSR count). The van der Waals surface area contributed by atoms with Gasteiger partial charge in [-0.1, -0.05) is 30.3 Å². The maximum atomic E-state index is 13.7. The molecule has 45 heavy (non-hydrogen) atoms. The quantitative estimate of drug-likeness (QED) is 0.167. The number of nitrogens with zero attached hydrogens (tertiary/aromatic N) is 1. The first-order chi connectivity index (χ1) is 20.9. The number of aliphatic carboxylic acids is 2. The van der Waals surface area contributed by atoms with Crippen molar-refractivity contribution in [1.29, 1.82) is 0 Å². The predicted molar refractivity (Wildman–Crippen MR) is 143 cm³/mol. The summed E-state index contributed by atoms with van der Waals surface area (Å²) in [5.41, 5.74) is 2.54. The minimum Gasteiger partial charge on any atom is -0.475 e. The maximum absolute atomic E-state index is 13.7. The Morgan fingerprint density at radius 2 is 1.58 bits per heavy atom. The van der Waals surface area contributed by atoms with Crippen LogP contribution < -0.4 is 16.0 Å². The van der Waals surface area contributed by atoms with Gasteiger partial charge in [-0.15, -0.1) is 0 Å². The van der Waals surface area contributed by atoms with E-state index in [1.165, 1.54) is 11.8 Å². The first kappa shape index (κ1) is 36.5. The molecule has 0 spiro atoms. The van der Waals surface area contributed by atoms with E-state index in [2.05, 4.69) is 38.1 Å². The summed E-state index contributed by atoms with van der Waals surface area (Å²) >= 11 is 0. The third-order valence-corrected chi connectivity index (χ3v) is 6.15. The van der Waals surface area contributed by atoms with Gasteiger partial charge in [-0.2, -0.15) is 30.7 Å². The number of amides is 2. The number of fused-ring (bicyclic) bond motifs is 1. The Bertz CT molecular complexity index is 1440. The van der Waals surface area contributed by atoms with Crippen LogP contribution >= 0.6 is 0 Å². The van der Waals surface area contributed by atoms with Crippen molar-refractivity contribution in [3.05, 3.63) is 65.9 Å². The van der Waals surface area contributed by atoms with Gasteiger partial charge in [0.15, 0.2) is 0 Å². The largest absolute Gasteiger partial charge is 0.490 e. The topological polar surface area (TPSA) is 174 Å². The molecule has 3 atom stereocenters. The maximum Gasteiger partial charge on any atom is 0.490 e. The number of hydrogen-bond donors (Lipinski definition) is 6. The highest BCUT2D eigenvalue weighted by Crippen LogP contribution is 2.20. The van der Waals surface area contributed by atoms with Crippen LogP contribution in [0.5, 0.6) is 0 Å². The Kier molecular flexibility index (Phi) is 12.8. The Morgan fingerprint density at radius 3 is 2.11 bits per heavy atom. The van der Waals surface area contributed by atoms with Crippen LogP contribution in [0.1, 0.15) is 24.6 Å². The second-order valence-electron chi connectivity index (χ2n) is 9.66. The summed E-state index contributed by atoms with van der Waals surface area (Å²) in [5, 5.41) is 23.4. The molecule has 0 saturated carbocycles. The van der Waals surface area contributed by atoms with Crippen molar-refractivity contribution in [1.82, 2.24) is 25.9 Å². The number of rotatable bonds is 7. The van der Waals surface area contributed by atoms with Gasteiger partial charge in [-0.25, -0.2) is 14.6 Å². The van der Waals surface area contributed by atoms with E-state index in [0.717, 1.165) is 19.4 Å². The van der Waals surface area contributed by atoms with Gasteiger partial charge in [0.2, 0.25) is 17.8 Å². The van der Waals surface area contributed by atoms with Crippen molar-refractivity contribution in [2.75, 3.05) is 6.54 Å². The molecule has 0 radical (unpaired) electrons. The molecule has 1 aromatic carbocycles. The molecule has 0 bridgehead atoms. The Balaban J connectivity index is 0.000000421. The molecule has 3 aromatic rings. The number of carbonyl (C=O) groups excluding carboxylic acids is 2. The summed E-state index contributed by atoms with van der Waals surface area (Å²) in [4.78, 5) is 49.4. The number of carboxylic acids is 2. The fourth-order valence-electron chi connectivity index (χ4n) is 4.00. The van der Waals surface area contributed by atoms with Crippen molar-refractivity contribution < 1.29 is 60.1 Å². The Morgan fingerprint density at radius 1 is 1.00 bits per heavy atom. The smallest absolute Gasteiger partial charge is 0.475 e. The van der Waals surface area contributed by atoms with Gasteiger partial charge in [0.25, 0.3) is 0 Å². The van der Waals surface area contributed by atoms with Gasteiger partial charge in [0, 0.05) is 11.9 Å². The summed E-state index contributed by atoms with van der Waals surface area (Å²) in [6.45, 7) is 2.63. The summed E-state index contributed by atoms with van der Waals surface area (Å²) in [6.07, 6.45) is -7.12. The van der Waals surface area contributed by atoms with Gasteiger partial charge in [0.05, 0.1) is 23.5 Å². The normalized spacial score (nSPS) is 16.8. The number of aromatic amines is 1. The third kappa shape index (κ3) is 12.0. The molecule has 1 aliphatic rings. The molecule has 1 unspecified atom stereocenters. The van der Waals surface area contributed by atoms with Crippen molar-refractivity contribution >= 4 is 34.7 Å². The van der Waals surface area contributed by atoms with E-state index in [1.54, 1.807) is 19.1 Å². The number of halogens is 7. The van der Waals surface area contributed by atoms with E-state index in [4.69, 9.17) is 19.8 Å². The van der Waals surface area contributed by atoms with Gasteiger partial charge in [-0.3, -0.25) is 9.59 Å². The fraction of sp³-hybridized carbons (Fsp3) is 0.370. The molecule has 246 valence electrons. The van der Waals surface area contributed by atoms with Crippen molar-refractivity contribution in [3.63, 3.8) is 0 Å². The lowest BCUT2D eigenvalue weighted by molar-refractivity contribution is -0.193. The third-order valence-electron chi connectivity index (χ3n) is 6.15. The number of carboxylic acid groups (broad SMARTS) is 2. The van der Waals surface area contributed by atoms with Crippen molar-refractivity contribution in [3.8, 4) is 0 Å². The Labute approximate surface area is 250 Å². The molecule has 1 fully saturated rings. The molecule has 2 aromatic heterocycles. The van der Waals surface area contributed by atoms with Gasteiger partial charge < -0.3 is 31.1 Å². The predicted octanol–water partition coefficient (Wildman–Crippen LogP) is 3.31. The van der Waals surface area contributed by atoms with E-state index in [0.29, 0.717) is 22.5 Å². The monoisotopic (exact) mass is 651 g/mol. The molecule has 2 amide bonds. The van der Waals surface area contributed by atoms with Gasteiger partial charge in [-0.05, 0) is 49.9 Å². The van der Waals surface area contributed by atoms with Gasteiger partial charge in [0.1, 0.15) is 6.04 Å². The highest BCUT2D eigenvalue weighted by molar-refractivity contribution is 5.89. The lowest BCUT2D eigenvalue weighted by atomic mass is 9.96. The zero-order valence-corrected chi connectivity index (χ0v) is 23.3. The van der Waals surface area contributed by atoms with E-state index in [1.807, 2.05) is 18.2 Å². The molecular formula is C27H28F7N5O6. The van der Waals surface area contributed by atoms with Gasteiger partial charge >= 0.3 is 24.3 Å². The van der Waals surface area contributed by atoms with E-state index in [-0.39, 0.29) is 24.4 Å². The summed E-state index contributed by atoms with van der Waals surface area (Å²) in [6, 6.07) is 12.5. The minimum absolute atomic E-state index is 0.169. The van der Waals surface area contributed by atoms with Crippen LogP contribution in [-0.4, -0.2) is 74.9 Å². The van der Waals surface area contributed by atoms with Crippen LogP contribution in [0.15, 0.2) is 48.7 Å². The molecular weight excluding hydrogens is 623 g/mol. The standard InChI is InChI=1S/C23H26FN5O2.2C2HF3O2/c1-14(22(30)27-13-17-11-18-19(29-17)7-8-25-21(18)24)28-23(31)20-10-16(12-26-20)9-15-5-3-2-4-6-15;2*3-2(4,5)1(6)7/h2-8,11,14,16,20,26,29H,9-10,12-13H2,1H3,(H,27,30)(H,28,31);2*(H,6,7)/t14?,16-,20+;;/m0../s1. The van der Waals surface area contributed by atoms with E-state index >= 15 is 0 Å². The number of hydrogen-bond acceptors (Lipinski definition) is 6. The summed E-state index contributed by atoms with van der Waals surface area (Å²) in [7, 11) is 0. The summed E-state index contributed by atoms with van der Waals surface area (Å²) < 4.78 is 77.2. The SMILES string of the molecule is CC(NC(=O)[C@H]1C[C@H](Cc2ccccc2)CN1)C(=O)NCc1cc2c(F)nccc2[nH]1.O=C(O)C(F)(F)F.O=C(O)C(F)(F)F.